The van der Waals surface area contributed by atoms with Crippen molar-refractivity contribution >= 4 is 17.8 Å². The van der Waals surface area contributed by atoms with Crippen LogP contribution in [0.4, 0.5) is 4.79 Å². The Labute approximate surface area is 155 Å². The van der Waals surface area contributed by atoms with Gasteiger partial charge in [-0.1, -0.05) is 30.3 Å². The van der Waals surface area contributed by atoms with Crippen molar-refractivity contribution in [2.45, 2.75) is 71.6 Å². The molecule has 0 aromatic heterocycles. The molecule has 0 saturated heterocycles. The Morgan fingerprint density at radius 1 is 1.08 bits per heavy atom. The highest BCUT2D eigenvalue weighted by Gasteiger charge is 2.31. The normalized spacial score (nSPS) is 13.7. The molecule has 6 nitrogen and oxygen atoms in total. The molecule has 1 N–H and O–H groups in total. The lowest BCUT2D eigenvalue weighted by atomic mass is 9.89. The minimum atomic E-state index is -0.985. The molecule has 1 rings (SSSR count). The molecule has 0 fully saturated rings. The van der Waals surface area contributed by atoms with Crippen LogP contribution < -0.4 is 5.32 Å². The van der Waals surface area contributed by atoms with E-state index in [2.05, 4.69) is 5.32 Å². The Morgan fingerprint density at radius 2 is 1.65 bits per heavy atom. The van der Waals surface area contributed by atoms with Gasteiger partial charge in [-0.05, 0) is 53.5 Å². The predicted octanol–water partition coefficient (Wildman–Crippen LogP) is 3.59. The van der Waals surface area contributed by atoms with Crippen molar-refractivity contribution in [1.29, 1.82) is 0 Å². The van der Waals surface area contributed by atoms with Gasteiger partial charge in [0.2, 0.25) is 0 Å². The number of amides is 1. The van der Waals surface area contributed by atoms with E-state index in [9.17, 15) is 14.4 Å². The summed E-state index contributed by atoms with van der Waals surface area (Å²) in [6.45, 7) is 10.1. The fraction of sp³-hybridized carbons (Fsp3) is 0.550. The summed E-state index contributed by atoms with van der Waals surface area (Å²) in [5.41, 5.74) is 0.0871. The van der Waals surface area contributed by atoms with Crippen LogP contribution in [0.3, 0.4) is 0 Å². The number of hydrogen-bond acceptors (Lipinski definition) is 5. The first-order valence-electron chi connectivity index (χ1n) is 8.75. The standard InChI is InChI=1S/C20H29NO5/c1-13(2)25-18(23)17(21-19(24)26-20(4,5)6)12-16(14(3)22)15-10-8-7-9-11-15/h7-11,13,16-17H,12H2,1-6H3,(H,21,24)/t16-,17-/m1/s1. The number of carbonyl (C=O) groups excluding carboxylic acids is 3. The van der Waals surface area contributed by atoms with Crippen LogP contribution in [0.15, 0.2) is 30.3 Å². The van der Waals surface area contributed by atoms with Crippen LogP contribution in [-0.4, -0.2) is 35.6 Å². The average Bonchev–Trinajstić information content (AvgIpc) is 2.49. The van der Waals surface area contributed by atoms with Gasteiger partial charge in [0.15, 0.2) is 0 Å². The summed E-state index contributed by atoms with van der Waals surface area (Å²) in [6, 6.07) is 8.17. The van der Waals surface area contributed by atoms with Crippen molar-refractivity contribution in [1.82, 2.24) is 5.32 Å². The van der Waals surface area contributed by atoms with Crippen molar-refractivity contribution < 1.29 is 23.9 Å². The summed E-state index contributed by atoms with van der Waals surface area (Å²) < 4.78 is 10.5. The minimum Gasteiger partial charge on any atom is -0.461 e. The fourth-order valence-corrected chi connectivity index (χ4v) is 2.44. The first kappa shape index (κ1) is 21.7. The van der Waals surface area contributed by atoms with E-state index in [-0.39, 0.29) is 18.3 Å². The summed E-state index contributed by atoms with van der Waals surface area (Å²) in [4.78, 5) is 36.7. The quantitative estimate of drug-likeness (QED) is 0.749. The van der Waals surface area contributed by atoms with Gasteiger partial charge in [0.1, 0.15) is 17.4 Å². The van der Waals surface area contributed by atoms with Crippen LogP contribution >= 0.6 is 0 Å². The lowest BCUT2D eigenvalue weighted by molar-refractivity contribution is -0.150. The molecular formula is C20H29NO5. The smallest absolute Gasteiger partial charge is 0.408 e. The van der Waals surface area contributed by atoms with E-state index >= 15 is 0 Å². The second-order valence-corrected chi connectivity index (χ2v) is 7.49. The van der Waals surface area contributed by atoms with Gasteiger partial charge in [-0.2, -0.15) is 0 Å². The van der Waals surface area contributed by atoms with Gasteiger partial charge in [-0.3, -0.25) is 4.79 Å². The molecule has 0 heterocycles. The van der Waals surface area contributed by atoms with E-state index in [1.54, 1.807) is 34.6 Å². The molecule has 1 aromatic rings. The van der Waals surface area contributed by atoms with Crippen molar-refractivity contribution in [2.24, 2.45) is 0 Å². The van der Waals surface area contributed by atoms with Crippen molar-refractivity contribution in [2.75, 3.05) is 0 Å². The van der Waals surface area contributed by atoms with Gasteiger partial charge in [-0.15, -0.1) is 0 Å². The maximum Gasteiger partial charge on any atom is 0.408 e. The fourth-order valence-electron chi connectivity index (χ4n) is 2.44. The maximum atomic E-state index is 12.4. The molecule has 2 atom stereocenters. The lowest BCUT2D eigenvalue weighted by Gasteiger charge is -2.25. The molecule has 1 amide bonds. The Balaban J connectivity index is 3.00. The third-order valence-electron chi connectivity index (χ3n) is 3.49. The van der Waals surface area contributed by atoms with E-state index in [1.807, 2.05) is 30.3 Å². The van der Waals surface area contributed by atoms with Gasteiger partial charge in [0.05, 0.1) is 6.10 Å². The number of esters is 1. The predicted molar refractivity (Wildman–Crippen MR) is 98.9 cm³/mol. The zero-order valence-corrected chi connectivity index (χ0v) is 16.4. The monoisotopic (exact) mass is 363 g/mol. The van der Waals surface area contributed by atoms with Crippen LogP contribution in [-0.2, 0) is 19.1 Å². The molecule has 0 unspecified atom stereocenters. The Hall–Kier alpha value is -2.37. The Bertz CT molecular complexity index is 619. The number of carbonyl (C=O) groups is 3. The third-order valence-corrected chi connectivity index (χ3v) is 3.49. The SMILES string of the molecule is CC(=O)[C@@H](C[C@@H](NC(=O)OC(C)(C)C)C(=O)OC(C)C)c1ccccc1. The summed E-state index contributed by atoms with van der Waals surface area (Å²) >= 11 is 0. The molecule has 6 heteroatoms. The van der Waals surface area contributed by atoms with Gasteiger partial charge in [-0.25, -0.2) is 9.59 Å². The van der Waals surface area contributed by atoms with E-state index < -0.39 is 29.6 Å². The second-order valence-electron chi connectivity index (χ2n) is 7.49. The highest BCUT2D eigenvalue weighted by Crippen LogP contribution is 2.23. The summed E-state index contributed by atoms with van der Waals surface area (Å²) in [6.07, 6.45) is -0.957. The summed E-state index contributed by atoms with van der Waals surface area (Å²) in [7, 11) is 0. The number of ketones is 1. The van der Waals surface area contributed by atoms with E-state index in [0.29, 0.717) is 0 Å². The van der Waals surface area contributed by atoms with Crippen LogP contribution in [0.5, 0.6) is 0 Å². The number of ether oxygens (including phenoxy) is 2. The van der Waals surface area contributed by atoms with Crippen LogP contribution in [0.2, 0.25) is 0 Å². The van der Waals surface area contributed by atoms with Gasteiger partial charge >= 0.3 is 12.1 Å². The maximum absolute atomic E-state index is 12.4. The van der Waals surface area contributed by atoms with Crippen molar-refractivity contribution in [3.05, 3.63) is 35.9 Å². The highest BCUT2D eigenvalue weighted by molar-refractivity contribution is 5.86. The zero-order chi connectivity index (χ0) is 19.9. The highest BCUT2D eigenvalue weighted by atomic mass is 16.6. The van der Waals surface area contributed by atoms with Crippen molar-refractivity contribution in [3.63, 3.8) is 0 Å². The Morgan fingerprint density at radius 3 is 2.12 bits per heavy atom. The third kappa shape index (κ3) is 7.68. The van der Waals surface area contributed by atoms with Gasteiger partial charge < -0.3 is 14.8 Å². The number of benzene rings is 1. The van der Waals surface area contributed by atoms with E-state index in [0.717, 1.165) is 5.56 Å². The molecule has 0 aliphatic heterocycles. The molecule has 0 aliphatic carbocycles. The molecule has 26 heavy (non-hydrogen) atoms. The zero-order valence-electron chi connectivity index (χ0n) is 16.4. The first-order valence-corrected chi connectivity index (χ1v) is 8.75. The van der Waals surface area contributed by atoms with E-state index in [1.165, 1.54) is 6.92 Å². The van der Waals surface area contributed by atoms with Crippen LogP contribution in [0, 0.1) is 0 Å². The van der Waals surface area contributed by atoms with Gasteiger partial charge in [0.25, 0.3) is 0 Å². The Kier molecular flexibility index (Phi) is 7.80. The number of Topliss-reactive ketones (excluding diaryl/α,β-unsaturated/α-hetero) is 1. The van der Waals surface area contributed by atoms with E-state index in [4.69, 9.17) is 9.47 Å². The number of hydrogen-bond donors (Lipinski definition) is 1. The molecule has 0 aliphatic rings. The molecule has 0 saturated carbocycles. The van der Waals surface area contributed by atoms with Gasteiger partial charge in [0, 0.05) is 5.92 Å². The molecule has 1 aromatic carbocycles. The second kappa shape index (κ2) is 9.36. The largest absolute Gasteiger partial charge is 0.461 e. The minimum absolute atomic E-state index is 0.0930. The number of rotatable bonds is 7. The molecular weight excluding hydrogens is 334 g/mol. The molecule has 0 radical (unpaired) electrons. The summed E-state index contributed by atoms with van der Waals surface area (Å²) in [5.74, 6) is -1.21. The first-order chi connectivity index (χ1) is 12.0. The number of alkyl carbamates (subject to hydrolysis) is 1. The van der Waals surface area contributed by atoms with Crippen LogP contribution in [0.25, 0.3) is 0 Å². The topological polar surface area (TPSA) is 81.7 Å². The summed E-state index contributed by atoms with van der Waals surface area (Å²) in [5, 5.41) is 2.55. The van der Waals surface area contributed by atoms with Crippen LogP contribution in [0.1, 0.15) is 59.4 Å². The molecule has 144 valence electrons. The lowest BCUT2D eigenvalue weighted by Crippen LogP contribution is -2.46. The molecule has 0 spiro atoms. The van der Waals surface area contributed by atoms with Crippen molar-refractivity contribution in [3.8, 4) is 0 Å². The molecule has 0 bridgehead atoms. The number of nitrogens with one attached hydrogen (secondary N) is 1. The average molecular weight is 363 g/mol.